The molecule has 6 heteroatoms. The zero-order valence-corrected chi connectivity index (χ0v) is 17.2. The number of carbonyl (C=O) groups is 1. The van der Waals surface area contributed by atoms with Crippen molar-refractivity contribution in [3.63, 3.8) is 0 Å². The molecule has 1 N–H and O–H groups in total. The highest BCUT2D eigenvalue weighted by atomic mass is 19.2. The molecule has 1 atom stereocenters. The van der Waals surface area contributed by atoms with Crippen LogP contribution in [0.15, 0.2) is 42.5 Å². The fourth-order valence-electron chi connectivity index (χ4n) is 3.98. The lowest BCUT2D eigenvalue weighted by Gasteiger charge is -2.42. The van der Waals surface area contributed by atoms with Crippen LogP contribution in [-0.2, 0) is 11.2 Å². The van der Waals surface area contributed by atoms with Gasteiger partial charge in [0.05, 0.1) is 19.6 Å². The summed E-state index contributed by atoms with van der Waals surface area (Å²) in [6.45, 7) is 5.92. The van der Waals surface area contributed by atoms with Crippen molar-refractivity contribution in [2.24, 2.45) is 0 Å². The third kappa shape index (κ3) is 4.93. The standard InChI is InChI=1S/C23H28F2N2O2/c1-23(2,27-12-4-5-13-27)22(17-8-11-19(24)20(25)15-17)26-21(28)14-16-6-9-18(29-3)10-7-16/h6-11,15,22H,4-5,12-14H2,1-3H3,(H,26,28). The van der Waals surface area contributed by atoms with E-state index in [4.69, 9.17) is 4.74 Å². The van der Waals surface area contributed by atoms with E-state index in [1.165, 1.54) is 6.07 Å². The van der Waals surface area contributed by atoms with Gasteiger partial charge in [0.1, 0.15) is 5.75 Å². The van der Waals surface area contributed by atoms with Gasteiger partial charge in [-0.25, -0.2) is 8.78 Å². The SMILES string of the molecule is COc1ccc(CC(=O)NC(c2ccc(F)c(F)c2)C(C)(C)N2CCCC2)cc1. The van der Waals surface area contributed by atoms with Crippen molar-refractivity contribution >= 4 is 5.91 Å². The zero-order chi connectivity index (χ0) is 21.0. The van der Waals surface area contributed by atoms with Crippen LogP contribution < -0.4 is 10.1 Å². The lowest BCUT2D eigenvalue weighted by atomic mass is 9.86. The molecule has 1 heterocycles. The van der Waals surface area contributed by atoms with Gasteiger partial charge in [0.2, 0.25) is 5.91 Å². The predicted octanol–water partition coefficient (Wildman–Crippen LogP) is 4.25. The molecular formula is C23H28F2N2O2. The van der Waals surface area contributed by atoms with Crippen LogP contribution >= 0.6 is 0 Å². The number of ether oxygens (including phenoxy) is 1. The smallest absolute Gasteiger partial charge is 0.224 e. The van der Waals surface area contributed by atoms with E-state index in [0.717, 1.165) is 43.3 Å². The highest BCUT2D eigenvalue weighted by molar-refractivity contribution is 5.79. The second-order valence-corrected chi connectivity index (χ2v) is 8.05. The Morgan fingerprint density at radius 3 is 2.34 bits per heavy atom. The van der Waals surface area contributed by atoms with Crippen LogP contribution in [0.25, 0.3) is 0 Å². The van der Waals surface area contributed by atoms with E-state index >= 15 is 0 Å². The number of nitrogens with zero attached hydrogens (tertiary/aromatic N) is 1. The molecule has 0 bridgehead atoms. The Balaban J connectivity index is 1.83. The quantitative estimate of drug-likeness (QED) is 0.753. The Labute approximate surface area is 170 Å². The second kappa shape index (κ2) is 8.91. The minimum absolute atomic E-state index is 0.169. The number of amides is 1. The number of methoxy groups -OCH3 is 1. The lowest BCUT2D eigenvalue weighted by Crippen LogP contribution is -2.53. The van der Waals surface area contributed by atoms with Crippen LogP contribution in [-0.4, -0.2) is 36.5 Å². The molecule has 4 nitrogen and oxygen atoms in total. The molecule has 1 aliphatic rings. The molecule has 0 aliphatic carbocycles. The molecule has 2 aromatic rings. The molecule has 156 valence electrons. The monoisotopic (exact) mass is 402 g/mol. The van der Waals surface area contributed by atoms with E-state index in [2.05, 4.69) is 10.2 Å². The highest BCUT2D eigenvalue weighted by Gasteiger charge is 2.38. The Morgan fingerprint density at radius 2 is 1.76 bits per heavy atom. The summed E-state index contributed by atoms with van der Waals surface area (Å²) in [5, 5.41) is 3.07. The van der Waals surface area contributed by atoms with Gasteiger partial charge in [-0.05, 0) is 75.2 Å². The number of carbonyl (C=O) groups excluding carboxylic acids is 1. The molecule has 1 fully saturated rings. The molecule has 0 radical (unpaired) electrons. The maximum Gasteiger partial charge on any atom is 0.224 e. The fourth-order valence-corrected chi connectivity index (χ4v) is 3.98. The lowest BCUT2D eigenvalue weighted by molar-refractivity contribution is -0.122. The van der Waals surface area contributed by atoms with Gasteiger partial charge >= 0.3 is 0 Å². The fraction of sp³-hybridized carbons (Fsp3) is 0.435. The summed E-state index contributed by atoms with van der Waals surface area (Å²) in [6.07, 6.45) is 2.38. The van der Waals surface area contributed by atoms with Gasteiger partial charge in [-0.15, -0.1) is 0 Å². The topological polar surface area (TPSA) is 41.6 Å². The van der Waals surface area contributed by atoms with Gasteiger partial charge in [-0.3, -0.25) is 9.69 Å². The summed E-state index contributed by atoms with van der Waals surface area (Å²) in [6, 6.07) is 10.7. The molecule has 2 aromatic carbocycles. The zero-order valence-electron chi connectivity index (χ0n) is 17.2. The molecule has 1 saturated heterocycles. The second-order valence-electron chi connectivity index (χ2n) is 8.05. The molecule has 0 aromatic heterocycles. The van der Waals surface area contributed by atoms with Gasteiger partial charge in [0.25, 0.3) is 0 Å². The molecule has 29 heavy (non-hydrogen) atoms. The summed E-state index contributed by atoms with van der Waals surface area (Å²) in [4.78, 5) is 15.1. The summed E-state index contributed by atoms with van der Waals surface area (Å²) in [5.74, 6) is -1.24. The number of hydrogen-bond donors (Lipinski definition) is 1. The van der Waals surface area contributed by atoms with Crippen molar-refractivity contribution < 1.29 is 18.3 Å². The average molecular weight is 402 g/mol. The first-order valence-electron chi connectivity index (χ1n) is 9.93. The van der Waals surface area contributed by atoms with Crippen LogP contribution in [0, 0.1) is 11.6 Å². The van der Waals surface area contributed by atoms with E-state index in [9.17, 15) is 13.6 Å². The van der Waals surface area contributed by atoms with Crippen molar-refractivity contribution in [2.45, 2.75) is 44.7 Å². The van der Waals surface area contributed by atoms with Crippen molar-refractivity contribution in [3.8, 4) is 5.75 Å². The highest BCUT2D eigenvalue weighted by Crippen LogP contribution is 2.34. The summed E-state index contributed by atoms with van der Waals surface area (Å²) < 4.78 is 32.6. The third-order valence-electron chi connectivity index (χ3n) is 5.73. The van der Waals surface area contributed by atoms with E-state index < -0.39 is 23.2 Å². The first-order chi connectivity index (χ1) is 13.8. The van der Waals surface area contributed by atoms with E-state index in [0.29, 0.717) is 5.56 Å². The number of halogens is 2. The molecule has 3 rings (SSSR count). The largest absolute Gasteiger partial charge is 0.497 e. The Kier molecular flexibility index (Phi) is 6.52. The van der Waals surface area contributed by atoms with Gasteiger partial charge in [-0.1, -0.05) is 18.2 Å². The first-order valence-corrected chi connectivity index (χ1v) is 9.93. The molecule has 1 aliphatic heterocycles. The number of nitrogens with one attached hydrogen (secondary N) is 1. The van der Waals surface area contributed by atoms with Crippen LogP contribution in [0.5, 0.6) is 5.75 Å². The predicted molar refractivity (Wildman–Crippen MR) is 109 cm³/mol. The van der Waals surface area contributed by atoms with Crippen LogP contribution in [0.3, 0.4) is 0 Å². The van der Waals surface area contributed by atoms with E-state index in [1.807, 2.05) is 38.1 Å². The molecule has 1 unspecified atom stereocenters. The van der Waals surface area contributed by atoms with Gasteiger partial charge in [0, 0.05) is 5.54 Å². The van der Waals surface area contributed by atoms with Crippen molar-refractivity contribution in [1.82, 2.24) is 10.2 Å². The van der Waals surface area contributed by atoms with Crippen molar-refractivity contribution in [2.75, 3.05) is 20.2 Å². The van der Waals surface area contributed by atoms with E-state index in [-0.39, 0.29) is 12.3 Å². The normalized spacial score (nSPS) is 15.9. The third-order valence-corrected chi connectivity index (χ3v) is 5.73. The number of likely N-dealkylation sites (tertiary alicyclic amines) is 1. The average Bonchev–Trinajstić information content (AvgIpc) is 3.25. The minimum atomic E-state index is -0.908. The molecule has 0 spiro atoms. The molecule has 1 amide bonds. The van der Waals surface area contributed by atoms with Crippen molar-refractivity contribution in [3.05, 3.63) is 65.2 Å². The van der Waals surface area contributed by atoms with E-state index in [1.54, 1.807) is 13.2 Å². The van der Waals surface area contributed by atoms with Gasteiger partial charge in [0.15, 0.2) is 11.6 Å². The maximum atomic E-state index is 13.9. The summed E-state index contributed by atoms with van der Waals surface area (Å²) >= 11 is 0. The summed E-state index contributed by atoms with van der Waals surface area (Å²) in [5.41, 5.74) is 0.964. The Bertz CT molecular complexity index is 846. The van der Waals surface area contributed by atoms with Crippen molar-refractivity contribution in [1.29, 1.82) is 0 Å². The Morgan fingerprint density at radius 1 is 1.10 bits per heavy atom. The van der Waals surface area contributed by atoms with Crippen LogP contribution in [0.4, 0.5) is 8.78 Å². The van der Waals surface area contributed by atoms with Crippen LogP contribution in [0.2, 0.25) is 0 Å². The van der Waals surface area contributed by atoms with Gasteiger partial charge in [-0.2, -0.15) is 0 Å². The number of rotatable bonds is 7. The maximum absolute atomic E-state index is 13.9. The first kappa shape index (κ1) is 21.2. The molecular weight excluding hydrogens is 374 g/mol. The summed E-state index contributed by atoms with van der Waals surface area (Å²) in [7, 11) is 1.59. The molecule has 0 saturated carbocycles. The van der Waals surface area contributed by atoms with Gasteiger partial charge < -0.3 is 10.1 Å². The Hall–Kier alpha value is -2.47. The number of benzene rings is 2. The van der Waals surface area contributed by atoms with Crippen LogP contribution in [0.1, 0.15) is 43.9 Å². The number of hydrogen-bond acceptors (Lipinski definition) is 3. The minimum Gasteiger partial charge on any atom is -0.497 e.